The largest absolute Gasteiger partial charge is 0.494 e. The molecule has 9 heteroatoms. The predicted molar refractivity (Wildman–Crippen MR) is 149 cm³/mol. The van der Waals surface area contributed by atoms with Crippen LogP contribution < -0.4 is 10.1 Å². The van der Waals surface area contributed by atoms with Crippen LogP contribution in [0.15, 0.2) is 36.4 Å². The van der Waals surface area contributed by atoms with Crippen molar-refractivity contribution in [3.63, 3.8) is 0 Å². The second-order valence-electron chi connectivity index (χ2n) is 9.89. The molecule has 0 saturated carbocycles. The Hall–Kier alpha value is -1.99. The minimum absolute atomic E-state index is 0.0227. The van der Waals surface area contributed by atoms with Gasteiger partial charge in [0.1, 0.15) is 5.75 Å². The van der Waals surface area contributed by atoms with E-state index in [1.165, 1.54) is 0 Å². The third-order valence-corrected chi connectivity index (χ3v) is 8.27. The van der Waals surface area contributed by atoms with Crippen LogP contribution in [0, 0.1) is 6.92 Å². The molecule has 0 unspecified atom stereocenters. The lowest BCUT2D eigenvalue weighted by atomic mass is 9.97. The van der Waals surface area contributed by atoms with E-state index in [9.17, 15) is 9.59 Å². The summed E-state index contributed by atoms with van der Waals surface area (Å²) in [4.78, 5) is 29.9. The summed E-state index contributed by atoms with van der Waals surface area (Å²) in [7, 11) is 0. The topological polar surface area (TPSA) is 61.9 Å². The van der Waals surface area contributed by atoms with Crippen molar-refractivity contribution >= 4 is 46.6 Å². The number of carbonyl (C=O) groups excluding carboxylic acids is 2. The number of hydrogen-bond donors (Lipinski definition) is 1. The van der Waals surface area contributed by atoms with Crippen LogP contribution in [-0.2, 0) is 4.79 Å². The predicted octanol–water partition coefficient (Wildman–Crippen LogP) is 6.00. The quantitative estimate of drug-likeness (QED) is 0.398. The highest BCUT2D eigenvalue weighted by molar-refractivity contribution is 6.42. The molecule has 2 aromatic rings. The van der Waals surface area contributed by atoms with E-state index in [0.717, 1.165) is 63.2 Å². The first kappa shape index (κ1) is 28.0. The Labute approximate surface area is 234 Å². The van der Waals surface area contributed by atoms with Gasteiger partial charge in [0.25, 0.3) is 5.91 Å². The van der Waals surface area contributed by atoms with Gasteiger partial charge in [0.15, 0.2) is 0 Å². The van der Waals surface area contributed by atoms with Gasteiger partial charge >= 0.3 is 0 Å². The van der Waals surface area contributed by atoms with Crippen molar-refractivity contribution in [3.05, 3.63) is 62.6 Å². The lowest BCUT2D eigenvalue weighted by Gasteiger charge is -2.42. The number of benzene rings is 2. The molecule has 4 rings (SSSR count). The van der Waals surface area contributed by atoms with E-state index >= 15 is 0 Å². The Morgan fingerprint density at radius 3 is 2.27 bits per heavy atom. The molecule has 2 heterocycles. The molecule has 6 nitrogen and oxygen atoms in total. The molecule has 37 heavy (non-hydrogen) atoms. The average molecular weight is 567 g/mol. The summed E-state index contributed by atoms with van der Waals surface area (Å²) in [5.74, 6) is 0.869. The number of nitrogens with one attached hydrogen (secondary N) is 1. The van der Waals surface area contributed by atoms with Crippen LogP contribution in [0.25, 0.3) is 0 Å². The van der Waals surface area contributed by atoms with Gasteiger partial charge in [-0.2, -0.15) is 0 Å². The maximum atomic E-state index is 13.0. The first-order valence-corrected chi connectivity index (χ1v) is 14.1. The minimum Gasteiger partial charge on any atom is -0.494 e. The van der Waals surface area contributed by atoms with Gasteiger partial charge < -0.3 is 19.9 Å². The van der Waals surface area contributed by atoms with Crippen LogP contribution in [0.1, 0.15) is 54.4 Å². The Morgan fingerprint density at radius 1 is 0.946 bits per heavy atom. The van der Waals surface area contributed by atoms with Gasteiger partial charge in [-0.05, 0) is 81.0 Å². The molecule has 0 atom stereocenters. The molecule has 2 amide bonds. The molecule has 0 radical (unpaired) electrons. The molecule has 0 aliphatic carbocycles. The molecular weight excluding hydrogens is 533 g/mol. The molecular formula is C28H34Cl3N3O3. The zero-order chi connectivity index (χ0) is 26.4. The zero-order valence-corrected chi connectivity index (χ0v) is 23.4. The Morgan fingerprint density at radius 2 is 1.59 bits per heavy atom. The number of likely N-dealkylation sites (tertiary alicyclic amines) is 2. The summed E-state index contributed by atoms with van der Waals surface area (Å²) >= 11 is 18.1. The van der Waals surface area contributed by atoms with Gasteiger partial charge in [-0.1, -0.05) is 34.8 Å². The average Bonchev–Trinajstić information content (AvgIpc) is 2.90. The van der Waals surface area contributed by atoms with Gasteiger partial charge in [0.05, 0.1) is 16.7 Å². The number of amides is 2. The summed E-state index contributed by atoms with van der Waals surface area (Å²) in [6.07, 6.45) is 4.95. The molecule has 0 spiro atoms. The van der Waals surface area contributed by atoms with Crippen LogP contribution in [0.4, 0.5) is 0 Å². The summed E-state index contributed by atoms with van der Waals surface area (Å²) < 4.78 is 5.66. The summed E-state index contributed by atoms with van der Waals surface area (Å²) in [6, 6.07) is 11.4. The summed E-state index contributed by atoms with van der Waals surface area (Å²) in [5.41, 5.74) is 1.47. The molecule has 1 N–H and O–H groups in total. The van der Waals surface area contributed by atoms with Crippen LogP contribution in [-0.4, -0.2) is 66.5 Å². The van der Waals surface area contributed by atoms with Crippen molar-refractivity contribution < 1.29 is 14.3 Å². The van der Waals surface area contributed by atoms with E-state index in [2.05, 4.69) is 10.2 Å². The van der Waals surface area contributed by atoms with Crippen LogP contribution in [0.5, 0.6) is 5.75 Å². The summed E-state index contributed by atoms with van der Waals surface area (Å²) in [6.45, 7) is 5.79. The fraction of sp³-hybridized carbons (Fsp3) is 0.500. The monoisotopic (exact) mass is 565 g/mol. The normalized spacial score (nSPS) is 17.6. The zero-order valence-electron chi connectivity index (χ0n) is 21.2. The molecule has 2 aliphatic rings. The number of piperidine rings is 2. The third kappa shape index (κ3) is 7.76. The SMILES string of the molecule is Cc1cc(Cl)c(Cl)cc1C(=O)N1CCC(N2CCC(NC(=O)CCCOc3ccc(Cl)cc3)CC2)CC1. The highest BCUT2D eigenvalue weighted by atomic mass is 35.5. The second kappa shape index (κ2) is 13.2. The van der Waals surface area contributed by atoms with E-state index in [0.29, 0.717) is 46.1 Å². The van der Waals surface area contributed by atoms with Crippen molar-refractivity contribution in [2.75, 3.05) is 32.8 Å². The number of ether oxygens (including phenoxy) is 1. The Balaban J connectivity index is 1.13. The number of rotatable bonds is 8. The van der Waals surface area contributed by atoms with Crippen molar-refractivity contribution in [1.82, 2.24) is 15.1 Å². The van der Waals surface area contributed by atoms with E-state index < -0.39 is 0 Å². The lowest BCUT2D eigenvalue weighted by molar-refractivity contribution is -0.122. The highest BCUT2D eigenvalue weighted by Crippen LogP contribution is 2.28. The number of halogens is 3. The van der Waals surface area contributed by atoms with Crippen molar-refractivity contribution in [2.24, 2.45) is 0 Å². The molecule has 0 aromatic heterocycles. The van der Waals surface area contributed by atoms with Gasteiger partial charge in [-0.15, -0.1) is 0 Å². The van der Waals surface area contributed by atoms with Gasteiger partial charge in [0, 0.05) is 55.3 Å². The van der Waals surface area contributed by atoms with Gasteiger partial charge in [0.2, 0.25) is 5.91 Å². The van der Waals surface area contributed by atoms with Gasteiger partial charge in [-0.3, -0.25) is 9.59 Å². The van der Waals surface area contributed by atoms with Crippen molar-refractivity contribution in [1.29, 1.82) is 0 Å². The van der Waals surface area contributed by atoms with E-state index in [1.54, 1.807) is 24.3 Å². The Bertz CT molecular complexity index is 1080. The fourth-order valence-corrected chi connectivity index (χ4v) is 5.65. The molecule has 2 aromatic carbocycles. The first-order valence-electron chi connectivity index (χ1n) is 13.0. The fourth-order valence-electron chi connectivity index (χ4n) is 5.14. The Kier molecular flexibility index (Phi) is 9.99. The van der Waals surface area contributed by atoms with E-state index in [1.807, 2.05) is 24.0 Å². The summed E-state index contributed by atoms with van der Waals surface area (Å²) in [5, 5.41) is 4.74. The minimum atomic E-state index is 0.0227. The van der Waals surface area contributed by atoms with Crippen LogP contribution in [0.3, 0.4) is 0 Å². The second-order valence-corrected chi connectivity index (χ2v) is 11.1. The van der Waals surface area contributed by atoms with E-state index in [4.69, 9.17) is 39.5 Å². The highest BCUT2D eigenvalue weighted by Gasteiger charge is 2.30. The van der Waals surface area contributed by atoms with E-state index in [-0.39, 0.29) is 17.9 Å². The standard InChI is InChI=1S/C28H34Cl3N3O3/c1-19-17-25(30)26(31)18-24(19)28(36)34-14-10-22(11-15-34)33-12-8-21(9-13-33)32-27(35)3-2-16-37-23-6-4-20(29)5-7-23/h4-7,17-18,21-22H,2-3,8-16H2,1H3,(H,32,35). The molecule has 2 fully saturated rings. The first-order chi connectivity index (χ1) is 17.8. The van der Waals surface area contributed by atoms with Gasteiger partial charge in [-0.25, -0.2) is 0 Å². The van der Waals surface area contributed by atoms with Crippen LogP contribution in [0.2, 0.25) is 15.1 Å². The van der Waals surface area contributed by atoms with Crippen molar-refractivity contribution in [3.8, 4) is 5.75 Å². The maximum Gasteiger partial charge on any atom is 0.254 e. The number of nitrogens with zero attached hydrogens (tertiary/aromatic N) is 2. The molecule has 2 aliphatic heterocycles. The number of carbonyl (C=O) groups is 2. The number of hydrogen-bond acceptors (Lipinski definition) is 4. The smallest absolute Gasteiger partial charge is 0.254 e. The lowest BCUT2D eigenvalue weighted by Crippen LogP contribution is -2.51. The molecule has 200 valence electrons. The third-order valence-electron chi connectivity index (χ3n) is 7.29. The van der Waals surface area contributed by atoms with Crippen molar-refractivity contribution in [2.45, 2.75) is 57.5 Å². The molecule has 0 bridgehead atoms. The maximum absolute atomic E-state index is 13.0. The molecule has 2 saturated heterocycles. The number of aryl methyl sites for hydroxylation is 1. The van der Waals surface area contributed by atoms with Crippen LogP contribution >= 0.6 is 34.8 Å².